The van der Waals surface area contributed by atoms with Crippen LogP contribution in [0.25, 0.3) is 0 Å². The van der Waals surface area contributed by atoms with E-state index in [1.54, 1.807) is 0 Å². The van der Waals surface area contributed by atoms with Crippen molar-refractivity contribution in [3.05, 3.63) is 12.7 Å². The largest absolute Gasteiger partial charge is 1.00 e. The molecule has 6 heteroatoms. The van der Waals surface area contributed by atoms with Crippen LogP contribution < -0.4 is 67.1 Å². The maximum absolute atomic E-state index is 10.1. The summed E-state index contributed by atoms with van der Waals surface area (Å²) in [6.07, 6.45) is 4.22. The van der Waals surface area contributed by atoms with Crippen LogP contribution in [0.15, 0.2) is 12.7 Å². The van der Waals surface area contributed by atoms with Crippen molar-refractivity contribution in [1.82, 2.24) is 10.6 Å². The van der Waals surface area contributed by atoms with E-state index in [0.717, 1.165) is 19.3 Å². The van der Waals surface area contributed by atoms with Crippen molar-refractivity contribution in [3.63, 3.8) is 0 Å². The van der Waals surface area contributed by atoms with Gasteiger partial charge in [0, 0.05) is 32.1 Å². The summed E-state index contributed by atoms with van der Waals surface area (Å²) in [4.78, 5) is 10.1. The number of carbonyl (C=O) groups excluding carboxylic acids is 1. The Hall–Kier alpha value is 0.726. The number of aliphatic hydroxyl groups is 1. The van der Waals surface area contributed by atoms with E-state index < -0.39 is 5.97 Å². The normalized spacial score (nSPS) is 11.6. The van der Waals surface area contributed by atoms with Gasteiger partial charge in [0.2, 0.25) is 0 Å². The Balaban J connectivity index is 0. The fraction of sp³-hybridized carbons (Fsp3) is 0.750. The quantitative estimate of drug-likeness (QED) is 0.193. The predicted octanol–water partition coefficient (Wildman–Crippen LogP) is -3.97. The first-order valence-electron chi connectivity index (χ1n) is 6.07. The van der Waals surface area contributed by atoms with Gasteiger partial charge in [-0.05, 0) is 25.7 Å². The molecule has 0 aromatic rings. The van der Waals surface area contributed by atoms with Crippen molar-refractivity contribution in [3.8, 4) is 0 Å². The summed E-state index contributed by atoms with van der Waals surface area (Å²) in [7, 11) is 0. The van der Waals surface area contributed by atoms with Gasteiger partial charge in [-0.1, -0.05) is 6.08 Å². The number of allylic oxidation sites excluding steroid dienone is 1. The van der Waals surface area contributed by atoms with Crippen LogP contribution in [0.1, 0.15) is 25.7 Å². The standard InChI is InChI=1S/C12H24N2O3.K/c1-2-3-4-5-11(15)10-14-9-8-13-7-6-12(16)17;/h2,11,13-15H,1,3-10H2,(H,16,17);/q;+1/p-1. The first-order valence-corrected chi connectivity index (χ1v) is 6.07. The number of unbranched alkanes of at least 4 members (excludes halogenated alkanes) is 1. The Morgan fingerprint density at radius 3 is 2.61 bits per heavy atom. The molecule has 0 heterocycles. The average Bonchev–Trinajstić information content (AvgIpc) is 2.28. The van der Waals surface area contributed by atoms with Crippen molar-refractivity contribution in [1.29, 1.82) is 0 Å². The van der Waals surface area contributed by atoms with Crippen molar-refractivity contribution in [2.45, 2.75) is 31.8 Å². The summed E-state index contributed by atoms with van der Waals surface area (Å²) < 4.78 is 0. The molecule has 3 N–H and O–H groups in total. The van der Waals surface area contributed by atoms with Gasteiger partial charge in [0.05, 0.1) is 6.10 Å². The molecule has 0 aromatic carbocycles. The first kappa shape index (κ1) is 21.0. The molecule has 0 spiro atoms. The zero-order chi connectivity index (χ0) is 12.9. The minimum Gasteiger partial charge on any atom is -0.550 e. The van der Waals surface area contributed by atoms with Crippen LogP contribution in [0.5, 0.6) is 0 Å². The molecule has 0 bridgehead atoms. The van der Waals surface area contributed by atoms with Gasteiger partial charge in [-0.15, -0.1) is 6.58 Å². The smallest absolute Gasteiger partial charge is 0.550 e. The number of carbonyl (C=O) groups is 1. The Morgan fingerprint density at radius 1 is 1.33 bits per heavy atom. The minimum atomic E-state index is -1.04. The van der Waals surface area contributed by atoms with E-state index in [1.165, 1.54) is 0 Å². The van der Waals surface area contributed by atoms with Crippen molar-refractivity contribution in [2.24, 2.45) is 0 Å². The van der Waals surface area contributed by atoms with Crippen molar-refractivity contribution >= 4 is 5.97 Å². The molecule has 1 atom stereocenters. The molecule has 18 heavy (non-hydrogen) atoms. The van der Waals surface area contributed by atoms with Crippen LogP contribution in [0.4, 0.5) is 0 Å². The third kappa shape index (κ3) is 16.7. The summed E-state index contributed by atoms with van der Waals surface area (Å²) in [6.45, 7) is 6.01. The molecule has 0 aromatic heterocycles. The fourth-order valence-electron chi connectivity index (χ4n) is 1.36. The van der Waals surface area contributed by atoms with Gasteiger partial charge in [-0.3, -0.25) is 0 Å². The molecule has 0 rings (SSSR count). The van der Waals surface area contributed by atoms with Crippen LogP contribution in [-0.2, 0) is 4.79 Å². The zero-order valence-corrected chi connectivity index (χ0v) is 14.4. The van der Waals surface area contributed by atoms with Crippen molar-refractivity contribution in [2.75, 3.05) is 26.2 Å². The molecular weight excluding hydrogens is 259 g/mol. The van der Waals surface area contributed by atoms with Crippen LogP contribution >= 0.6 is 0 Å². The first-order chi connectivity index (χ1) is 8.16. The third-order valence-electron chi connectivity index (χ3n) is 2.31. The molecule has 0 saturated carbocycles. The Kier molecular flexibility index (Phi) is 18.4. The molecule has 5 nitrogen and oxygen atoms in total. The van der Waals surface area contributed by atoms with Gasteiger partial charge in [0.25, 0.3) is 0 Å². The Bertz CT molecular complexity index is 215. The molecule has 1 unspecified atom stereocenters. The third-order valence-corrected chi connectivity index (χ3v) is 2.31. The molecule has 0 saturated heterocycles. The molecule has 100 valence electrons. The number of carboxylic acids is 1. The maximum Gasteiger partial charge on any atom is 1.00 e. The van der Waals surface area contributed by atoms with Gasteiger partial charge >= 0.3 is 51.4 Å². The number of rotatable bonds is 12. The zero-order valence-electron chi connectivity index (χ0n) is 11.3. The predicted molar refractivity (Wildman–Crippen MR) is 65.4 cm³/mol. The van der Waals surface area contributed by atoms with Crippen LogP contribution in [0.2, 0.25) is 0 Å². The number of carboxylic acid groups (broad SMARTS) is 1. The number of aliphatic hydroxyl groups excluding tert-OH is 1. The van der Waals surface area contributed by atoms with Gasteiger partial charge in [-0.2, -0.15) is 0 Å². The van der Waals surface area contributed by atoms with E-state index in [4.69, 9.17) is 0 Å². The van der Waals surface area contributed by atoms with Gasteiger partial charge in [-0.25, -0.2) is 0 Å². The van der Waals surface area contributed by atoms with E-state index in [2.05, 4.69) is 17.2 Å². The molecule has 0 aliphatic rings. The minimum absolute atomic E-state index is 0. The van der Waals surface area contributed by atoms with E-state index >= 15 is 0 Å². The van der Waals surface area contributed by atoms with E-state index in [-0.39, 0.29) is 63.9 Å². The second-order valence-electron chi connectivity index (χ2n) is 3.95. The number of nitrogens with one attached hydrogen (secondary N) is 2. The van der Waals surface area contributed by atoms with Gasteiger partial charge in [0.15, 0.2) is 0 Å². The summed E-state index contributed by atoms with van der Waals surface area (Å²) in [5.41, 5.74) is 0. The topological polar surface area (TPSA) is 84.4 Å². The number of hydrogen-bond acceptors (Lipinski definition) is 5. The number of hydrogen-bond donors (Lipinski definition) is 3. The van der Waals surface area contributed by atoms with E-state index in [1.807, 2.05) is 6.08 Å². The molecule has 0 amide bonds. The Labute approximate surface area is 152 Å². The maximum atomic E-state index is 10.1. The molecule has 0 aliphatic carbocycles. The number of aliphatic carboxylic acids is 1. The van der Waals surface area contributed by atoms with Crippen LogP contribution in [-0.4, -0.2) is 43.4 Å². The van der Waals surface area contributed by atoms with Crippen molar-refractivity contribution < 1.29 is 66.4 Å². The second-order valence-corrected chi connectivity index (χ2v) is 3.95. The summed E-state index contributed by atoms with van der Waals surface area (Å²) in [6, 6.07) is 0. The van der Waals surface area contributed by atoms with Gasteiger partial charge < -0.3 is 25.6 Å². The van der Waals surface area contributed by atoms with E-state index in [0.29, 0.717) is 26.2 Å². The summed E-state index contributed by atoms with van der Waals surface area (Å²) in [5.74, 6) is -1.04. The molecule has 0 aliphatic heterocycles. The summed E-state index contributed by atoms with van der Waals surface area (Å²) >= 11 is 0. The monoisotopic (exact) mass is 282 g/mol. The fourth-order valence-corrected chi connectivity index (χ4v) is 1.36. The van der Waals surface area contributed by atoms with Crippen LogP contribution in [0, 0.1) is 0 Å². The van der Waals surface area contributed by atoms with Gasteiger partial charge in [0.1, 0.15) is 0 Å². The summed E-state index contributed by atoms with van der Waals surface area (Å²) in [5, 5.41) is 25.7. The Morgan fingerprint density at radius 2 is 2.00 bits per heavy atom. The second kappa shape index (κ2) is 15.8. The average molecular weight is 282 g/mol. The van der Waals surface area contributed by atoms with Crippen LogP contribution in [0.3, 0.4) is 0 Å². The van der Waals surface area contributed by atoms with E-state index in [9.17, 15) is 15.0 Å². The molecular formula is C12H23KN2O3. The molecule has 0 radical (unpaired) electrons. The molecule has 0 fully saturated rings. The SMILES string of the molecule is C=CCCCC(O)CNCCNCCC(=O)[O-].[K+].